The molecule has 2 heterocycles. The van der Waals surface area contributed by atoms with Crippen LogP contribution >= 0.6 is 0 Å². The molecule has 0 aliphatic rings. The number of carbonyl (C=O) groups is 1. The van der Waals surface area contributed by atoms with Gasteiger partial charge in [0.1, 0.15) is 5.82 Å². The van der Waals surface area contributed by atoms with Crippen LogP contribution in [0.5, 0.6) is 0 Å². The molecule has 7 heteroatoms. The molecule has 0 aliphatic heterocycles. The molecule has 2 rings (SSSR count). The zero-order valence-corrected chi connectivity index (χ0v) is 12.3. The van der Waals surface area contributed by atoms with Crippen LogP contribution in [-0.2, 0) is 16.0 Å². The van der Waals surface area contributed by atoms with Gasteiger partial charge in [-0.15, -0.1) is 0 Å². The number of methoxy groups -OCH3 is 2. The highest BCUT2D eigenvalue weighted by atomic mass is 16.5. The first-order valence-electron chi connectivity index (χ1n) is 6.48. The summed E-state index contributed by atoms with van der Waals surface area (Å²) < 4.78 is 11.5. The van der Waals surface area contributed by atoms with Crippen molar-refractivity contribution in [2.45, 2.75) is 13.5 Å². The molecule has 21 heavy (non-hydrogen) atoms. The van der Waals surface area contributed by atoms with Crippen LogP contribution in [0, 0.1) is 6.92 Å². The standard InChI is InChI=1S/C14H18N4O3/c1-10-12(14(19)21-3)4-5-13(16-10)17-11-8-15-18(9-11)6-7-20-2/h4-5,8-9H,6-7H2,1-3H3,(H,16,17). The molecule has 0 amide bonds. The van der Waals surface area contributed by atoms with E-state index in [0.29, 0.717) is 30.2 Å². The molecular formula is C14H18N4O3. The number of ether oxygens (including phenoxy) is 2. The van der Waals surface area contributed by atoms with Crippen LogP contribution in [0.2, 0.25) is 0 Å². The van der Waals surface area contributed by atoms with Gasteiger partial charge >= 0.3 is 5.97 Å². The average Bonchev–Trinajstić information content (AvgIpc) is 2.92. The number of hydrogen-bond acceptors (Lipinski definition) is 6. The Labute approximate surface area is 122 Å². The molecule has 1 N–H and O–H groups in total. The lowest BCUT2D eigenvalue weighted by Crippen LogP contribution is -2.06. The summed E-state index contributed by atoms with van der Waals surface area (Å²) in [5.74, 6) is 0.255. The normalized spacial score (nSPS) is 10.4. The monoisotopic (exact) mass is 290 g/mol. The van der Waals surface area contributed by atoms with E-state index in [1.54, 1.807) is 37.0 Å². The fourth-order valence-electron chi connectivity index (χ4n) is 1.84. The summed E-state index contributed by atoms with van der Waals surface area (Å²) in [6.07, 6.45) is 3.57. The van der Waals surface area contributed by atoms with E-state index in [2.05, 4.69) is 15.4 Å². The van der Waals surface area contributed by atoms with Gasteiger partial charge < -0.3 is 14.8 Å². The first-order chi connectivity index (χ1) is 10.1. The van der Waals surface area contributed by atoms with Gasteiger partial charge in [-0.1, -0.05) is 0 Å². The van der Waals surface area contributed by atoms with Crippen LogP contribution in [0.4, 0.5) is 11.5 Å². The van der Waals surface area contributed by atoms with E-state index in [-0.39, 0.29) is 5.97 Å². The summed E-state index contributed by atoms with van der Waals surface area (Å²) >= 11 is 0. The topological polar surface area (TPSA) is 78.3 Å². The maximum atomic E-state index is 11.5. The number of aromatic nitrogens is 3. The molecule has 0 atom stereocenters. The van der Waals surface area contributed by atoms with Gasteiger partial charge in [0, 0.05) is 13.3 Å². The number of anilines is 2. The summed E-state index contributed by atoms with van der Waals surface area (Å²) in [7, 11) is 3.00. The lowest BCUT2D eigenvalue weighted by molar-refractivity contribution is 0.0599. The summed E-state index contributed by atoms with van der Waals surface area (Å²) in [6.45, 7) is 3.05. The van der Waals surface area contributed by atoms with Crippen LogP contribution in [0.25, 0.3) is 0 Å². The third-order valence-corrected chi connectivity index (χ3v) is 2.92. The van der Waals surface area contributed by atoms with Crippen molar-refractivity contribution in [2.75, 3.05) is 26.1 Å². The highest BCUT2D eigenvalue weighted by Gasteiger charge is 2.11. The van der Waals surface area contributed by atoms with Crippen molar-refractivity contribution < 1.29 is 14.3 Å². The van der Waals surface area contributed by atoms with Crippen LogP contribution in [0.3, 0.4) is 0 Å². The summed E-state index contributed by atoms with van der Waals surface area (Å²) in [5.41, 5.74) is 1.89. The van der Waals surface area contributed by atoms with Crippen molar-refractivity contribution in [1.82, 2.24) is 14.8 Å². The van der Waals surface area contributed by atoms with Crippen LogP contribution in [0.1, 0.15) is 16.1 Å². The Hall–Kier alpha value is -2.41. The smallest absolute Gasteiger partial charge is 0.339 e. The quantitative estimate of drug-likeness (QED) is 0.817. The fourth-order valence-corrected chi connectivity index (χ4v) is 1.84. The maximum Gasteiger partial charge on any atom is 0.339 e. The van der Waals surface area contributed by atoms with E-state index >= 15 is 0 Å². The van der Waals surface area contributed by atoms with Gasteiger partial charge in [0.2, 0.25) is 0 Å². The highest BCUT2D eigenvalue weighted by molar-refractivity contribution is 5.90. The van der Waals surface area contributed by atoms with Gasteiger partial charge in [-0.3, -0.25) is 4.68 Å². The van der Waals surface area contributed by atoms with E-state index in [4.69, 9.17) is 9.47 Å². The number of rotatable bonds is 6. The molecule has 112 valence electrons. The molecule has 0 radical (unpaired) electrons. The van der Waals surface area contributed by atoms with E-state index < -0.39 is 0 Å². The van der Waals surface area contributed by atoms with Gasteiger partial charge in [-0.25, -0.2) is 9.78 Å². The second-order valence-corrected chi connectivity index (χ2v) is 4.43. The molecule has 2 aromatic rings. The number of hydrogen-bond donors (Lipinski definition) is 1. The van der Waals surface area contributed by atoms with E-state index in [1.165, 1.54) is 7.11 Å². The lowest BCUT2D eigenvalue weighted by atomic mass is 10.2. The fraction of sp³-hybridized carbons (Fsp3) is 0.357. The van der Waals surface area contributed by atoms with Crippen molar-refractivity contribution in [3.63, 3.8) is 0 Å². The predicted octanol–water partition coefficient (Wildman–Crippen LogP) is 1.76. The highest BCUT2D eigenvalue weighted by Crippen LogP contribution is 2.16. The van der Waals surface area contributed by atoms with Gasteiger partial charge in [0.05, 0.1) is 43.4 Å². The number of carbonyl (C=O) groups excluding carboxylic acids is 1. The van der Waals surface area contributed by atoms with Crippen LogP contribution in [0.15, 0.2) is 24.5 Å². The molecule has 0 unspecified atom stereocenters. The molecule has 0 bridgehead atoms. The first-order valence-corrected chi connectivity index (χ1v) is 6.48. The Kier molecular flexibility index (Phi) is 4.89. The maximum absolute atomic E-state index is 11.5. The summed E-state index contributed by atoms with van der Waals surface area (Å²) in [4.78, 5) is 15.8. The van der Waals surface area contributed by atoms with Gasteiger partial charge in [0.25, 0.3) is 0 Å². The van der Waals surface area contributed by atoms with E-state index in [0.717, 1.165) is 5.69 Å². The van der Waals surface area contributed by atoms with E-state index in [9.17, 15) is 4.79 Å². The number of nitrogens with zero attached hydrogens (tertiary/aromatic N) is 3. The minimum absolute atomic E-state index is 0.390. The second-order valence-electron chi connectivity index (χ2n) is 4.43. The van der Waals surface area contributed by atoms with Crippen molar-refractivity contribution >= 4 is 17.5 Å². The van der Waals surface area contributed by atoms with Crippen LogP contribution in [-0.4, -0.2) is 41.6 Å². The third kappa shape index (κ3) is 3.79. The number of nitrogens with one attached hydrogen (secondary N) is 1. The molecule has 0 saturated carbocycles. The minimum atomic E-state index is -0.390. The van der Waals surface area contributed by atoms with Gasteiger partial charge in [-0.05, 0) is 19.1 Å². The zero-order valence-electron chi connectivity index (χ0n) is 12.3. The molecule has 0 spiro atoms. The Balaban J connectivity index is 2.07. The molecule has 2 aromatic heterocycles. The SMILES string of the molecule is COCCn1cc(Nc2ccc(C(=O)OC)c(C)n2)cn1. The largest absolute Gasteiger partial charge is 0.465 e. The Morgan fingerprint density at radius 2 is 2.19 bits per heavy atom. The molecular weight excluding hydrogens is 272 g/mol. The average molecular weight is 290 g/mol. The van der Waals surface area contributed by atoms with E-state index in [1.807, 2.05) is 6.20 Å². The Morgan fingerprint density at radius 3 is 2.86 bits per heavy atom. The summed E-state index contributed by atoms with van der Waals surface area (Å²) in [6, 6.07) is 3.41. The Morgan fingerprint density at radius 1 is 1.38 bits per heavy atom. The van der Waals surface area contributed by atoms with Crippen LogP contribution < -0.4 is 5.32 Å². The molecule has 0 saturated heterocycles. The summed E-state index contributed by atoms with van der Waals surface area (Å²) in [5, 5.41) is 7.34. The molecule has 0 aliphatic carbocycles. The lowest BCUT2D eigenvalue weighted by Gasteiger charge is -2.07. The minimum Gasteiger partial charge on any atom is -0.465 e. The zero-order chi connectivity index (χ0) is 15.2. The molecule has 7 nitrogen and oxygen atoms in total. The number of esters is 1. The Bertz CT molecular complexity index is 624. The number of aryl methyl sites for hydroxylation is 1. The first kappa shape index (κ1) is 15.0. The van der Waals surface area contributed by atoms with Gasteiger partial charge in [0.15, 0.2) is 0 Å². The molecule has 0 fully saturated rings. The molecule has 0 aromatic carbocycles. The predicted molar refractivity (Wildman–Crippen MR) is 77.7 cm³/mol. The third-order valence-electron chi connectivity index (χ3n) is 2.92. The second kappa shape index (κ2) is 6.85. The van der Waals surface area contributed by atoms with Crippen molar-refractivity contribution in [3.8, 4) is 0 Å². The van der Waals surface area contributed by atoms with Crippen molar-refractivity contribution in [3.05, 3.63) is 35.8 Å². The van der Waals surface area contributed by atoms with Crippen molar-refractivity contribution in [1.29, 1.82) is 0 Å². The van der Waals surface area contributed by atoms with Crippen molar-refractivity contribution in [2.24, 2.45) is 0 Å². The van der Waals surface area contributed by atoms with Gasteiger partial charge in [-0.2, -0.15) is 5.10 Å². The number of pyridine rings is 1.